The van der Waals surface area contributed by atoms with E-state index in [1.165, 1.54) is 7.11 Å². The van der Waals surface area contributed by atoms with Crippen molar-refractivity contribution in [3.05, 3.63) is 29.3 Å². The molecule has 1 amide bonds. The molecular weight excluding hydrogens is 306 g/mol. The van der Waals surface area contributed by atoms with Gasteiger partial charge in [0.15, 0.2) is 0 Å². The lowest BCUT2D eigenvalue weighted by Crippen LogP contribution is -2.23. The van der Waals surface area contributed by atoms with Gasteiger partial charge in [0.05, 0.1) is 26.7 Å². The van der Waals surface area contributed by atoms with Gasteiger partial charge in [0.1, 0.15) is 5.75 Å². The summed E-state index contributed by atoms with van der Waals surface area (Å²) in [7, 11) is 3.02. The molecule has 126 valence electrons. The van der Waals surface area contributed by atoms with Gasteiger partial charge in [-0.3, -0.25) is 14.5 Å². The fourth-order valence-corrected chi connectivity index (χ4v) is 3.31. The molecule has 1 aromatic rings. The zero-order valence-corrected chi connectivity index (χ0v) is 14.0. The second kappa shape index (κ2) is 6.96. The molecule has 1 aromatic carbocycles. The van der Waals surface area contributed by atoms with E-state index in [2.05, 4.69) is 12.0 Å². The summed E-state index contributed by atoms with van der Waals surface area (Å²) in [5.74, 6) is 3.92. The van der Waals surface area contributed by atoms with Crippen molar-refractivity contribution in [3.63, 3.8) is 0 Å². The van der Waals surface area contributed by atoms with E-state index < -0.39 is 0 Å². The van der Waals surface area contributed by atoms with Crippen molar-refractivity contribution in [2.45, 2.75) is 32.2 Å². The third-order valence-electron chi connectivity index (χ3n) is 4.79. The number of hydrogen-bond donors (Lipinski definition) is 0. The van der Waals surface area contributed by atoms with Crippen LogP contribution in [0.25, 0.3) is 0 Å². The number of carbonyl (C=O) groups excluding carboxylic acids is 2. The Morgan fingerprint density at radius 2 is 1.96 bits per heavy atom. The zero-order chi connectivity index (χ0) is 17.1. The van der Waals surface area contributed by atoms with Gasteiger partial charge in [-0.2, -0.15) is 0 Å². The molecule has 5 nitrogen and oxygen atoms in total. The molecule has 0 N–H and O–H groups in total. The first-order valence-corrected chi connectivity index (χ1v) is 8.20. The van der Waals surface area contributed by atoms with Gasteiger partial charge in [-0.25, -0.2) is 0 Å². The minimum atomic E-state index is -0.125. The third kappa shape index (κ3) is 3.23. The Hall–Kier alpha value is -2.48. The topological polar surface area (TPSA) is 55.8 Å². The van der Waals surface area contributed by atoms with Crippen molar-refractivity contribution in [2.24, 2.45) is 11.8 Å². The number of benzene rings is 1. The van der Waals surface area contributed by atoms with Crippen molar-refractivity contribution in [2.75, 3.05) is 14.2 Å². The zero-order valence-electron chi connectivity index (χ0n) is 14.0. The minimum Gasteiger partial charge on any atom is -0.497 e. The van der Waals surface area contributed by atoms with Crippen molar-refractivity contribution in [1.82, 2.24) is 4.90 Å². The lowest BCUT2D eigenvalue weighted by Gasteiger charge is -2.23. The second-order valence-corrected chi connectivity index (χ2v) is 6.24. The molecule has 1 saturated carbocycles. The first kappa shape index (κ1) is 16.4. The molecular formula is C19H21NO4. The predicted molar refractivity (Wildman–Crippen MR) is 88.1 cm³/mol. The highest BCUT2D eigenvalue weighted by Crippen LogP contribution is 2.30. The number of nitrogens with zero attached hydrogens (tertiary/aromatic N) is 1. The number of ether oxygens (including phenoxy) is 2. The van der Waals surface area contributed by atoms with Crippen LogP contribution in [-0.2, 0) is 16.1 Å². The van der Waals surface area contributed by atoms with Crippen molar-refractivity contribution >= 4 is 11.9 Å². The van der Waals surface area contributed by atoms with Crippen LogP contribution in [0.1, 0.15) is 41.6 Å². The standard InChI is InChI=1S/C19H21NO4/c1-23-16-8-7-15-12-20(18(21)17(15)11-16)10-9-13-3-5-14(6-4-13)19(22)24-2/h7-8,11,13-14H,3-6,12H2,1-2H3. The van der Waals surface area contributed by atoms with E-state index in [1.54, 1.807) is 18.1 Å². The largest absolute Gasteiger partial charge is 0.497 e. The molecule has 2 aliphatic rings. The maximum atomic E-state index is 12.4. The van der Waals surface area contributed by atoms with Gasteiger partial charge >= 0.3 is 5.97 Å². The van der Waals surface area contributed by atoms with Crippen LogP contribution in [0.4, 0.5) is 0 Å². The summed E-state index contributed by atoms with van der Waals surface area (Å²) in [5.41, 5.74) is 1.64. The van der Waals surface area contributed by atoms with Gasteiger partial charge < -0.3 is 9.47 Å². The Balaban J connectivity index is 1.62. The molecule has 0 atom stereocenters. The molecule has 5 heteroatoms. The average Bonchev–Trinajstić information content (AvgIpc) is 2.95. The van der Waals surface area contributed by atoms with E-state index in [-0.39, 0.29) is 23.7 Å². The van der Waals surface area contributed by atoms with Crippen LogP contribution in [0.3, 0.4) is 0 Å². The van der Waals surface area contributed by atoms with Crippen LogP contribution in [0.5, 0.6) is 5.75 Å². The third-order valence-corrected chi connectivity index (χ3v) is 4.79. The van der Waals surface area contributed by atoms with Crippen molar-refractivity contribution in [1.29, 1.82) is 0 Å². The minimum absolute atomic E-state index is 0.00168. The molecule has 1 heterocycles. The molecule has 0 saturated heterocycles. The number of amides is 1. The Morgan fingerprint density at radius 1 is 1.21 bits per heavy atom. The average molecular weight is 327 g/mol. The van der Waals surface area contributed by atoms with Gasteiger partial charge in [0.25, 0.3) is 5.91 Å². The quantitative estimate of drug-likeness (QED) is 0.619. The second-order valence-electron chi connectivity index (χ2n) is 6.24. The number of methoxy groups -OCH3 is 2. The van der Waals surface area contributed by atoms with Crippen LogP contribution < -0.4 is 4.74 Å². The molecule has 1 aliphatic carbocycles. The van der Waals surface area contributed by atoms with Gasteiger partial charge in [0, 0.05) is 17.5 Å². The van der Waals surface area contributed by atoms with Crippen molar-refractivity contribution in [3.8, 4) is 17.7 Å². The highest BCUT2D eigenvalue weighted by atomic mass is 16.5. The first-order valence-electron chi connectivity index (χ1n) is 8.20. The summed E-state index contributed by atoms with van der Waals surface area (Å²) in [6.07, 6.45) is 3.35. The summed E-state index contributed by atoms with van der Waals surface area (Å²) < 4.78 is 9.97. The first-order chi connectivity index (χ1) is 11.6. The lowest BCUT2D eigenvalue weighted by molar-refractivity contribution is -0.146. The molecule has 0 unspecified atom stereocenters. The predicted octanol–water partition coefficient (Wildman–Crippen LogP) is 2.59. The van der Waals surface area contributed by atoms with E-state index in [9.17, 15) is 9.59 Å². The molecule has 0 aromatic heterocycles. The van der Waals surface area contributed by atoms with E-state index in [4.69, 9.17) is 9.47 Å². The Morgan fingerprint density at radius 3 is 2.62 bits per heavy atom. The van der Waals surface area contributed by atoms with Crippen LogP contribution in [0.2, 0.25) is 0 Å². The summed E-state index contributed by atoms with van der Waals surface area (Å²) >= 11 is 0. The van der Waals surface area contributed by atoms with Gasteiger partial charge in [-0.05, 0) is 43.4 Å². The fraction of sp³-hybridized carbons (Fsp3) is 0.474. The summed E-state index contributed by atoms with van der Waals surface area (Å²) in [6.45, 7) is 0.517. The molecule has 0 spiro atoms. The van der Waals surface area contributed by atoms with Crippen LogP contribution in [0.15, 0.2) is 18.2 Å². The molecule has 0 radical (unpaired) electrons. The fourth-order valence-electron chi connectivity index (χ4n) is 3.31. The molecule has 3 rings (SSSR count). The number of carbonyl (C=O) groups is 2. The Labute approximate surface area is 141 Å². The van der Waals surface area contributed by atoms with Crippen LogP contribution in [0, 0.1) is 23.8 Å². The van der Waals surface area contributed by atoms with E-state index in [0.29, 0.717) is 17.9 Å². The number of esters is 1. The maximum Gasteiger partial charge on any atom is 0.308 e. The lowest BCUT2D eigenvalue weighted by atomic mass is 9.82. The van der Waals surface area contributed by atoms with Crippen LogP contribution in [-0.4, -0.2) is 31.0 Å². The van der Waals surface area contributed by atoms with Gasteiger partial charge in [-0.15, -0.1) is 0 Å². The number of hydrogen-bond acceptors (Lipinski definition) is 4. The molecule has 1 fully saturated rings. The molecule has 0 bridgehead atoms. The monoisotopic (exact) mass is 327 g/mol. The SMILES string of the molecule is COC(=O)C1CCC(C#CN2Cc3ccc(OC)cc3C2=O)CC1. The molecule has 1 aliphatic heterocycles. The smallest absolute Gasteiger partial charge is 0.308 e. The van der Waals surface area contributed by atoms with Crippen molar-refractivity contribution < 1.29 is 19.1 Å². The summed E-state index contributed by atoms with van der Waals surface area (Å²) in [6, 6.07) is 8.56. The van der Waals surface area contributed by atoms with E-state index >= 15 is 0 Å². The highest BCUT2D eigenvalue weighted by molar-refractivity contribution is 5.99. The Kier molecular flexibility index (Phi) is 4.75. The van der Waals surface area contributed by atoms with Gasteiger partial charge in [-0.1, -0.05) is 12.0 Å². The number of rotatable bonds is 2. The highest BCUT2D eigenvalue weighted by Gasteiger charge is 2.28. The van der Waals surface area contributed by atoms with E-state index in [0.717, 1.165) is 31.2 Å². The summed E-state index contributed by atoms with van der Waals surface area (Å²) in [5, 5.41) is 0. The normalized spacial score (nSPS) is 22.4. The molecule has 24 heavy (non-hydrogen) atoms. The Bertz CT molecular complexity index is 708. The summed E-state index contributed by atoms with van der Waals surface area (Å²) in [4.78, 5) is 25.5. The van der Waals surface area contributed by atoms with E-state index in [1.807, 2.05) is 12.1 Å². The van der Waals surface area contributed by atoms with Gasteiger partial charge in [0.2, 0.25) is 0 Å². The van der Waals surface area contributed by atoms with Crippen LogP contribution >= 0.6 is 0 Å². The maximum absolute atomic E-state index is 12.4. The number of fused-ring (bicyclic) bond motifs is 1.